The lowest BCUT2D eigenvalue weighted by molar-refractivity contribution is -0.150. The lowest BCUT2D eigenvalue weighted by Gasteiger charge is -2.19. The van der Waals surface area contributed by atoms with Crippen molar-refractivity contribution in [3.8, 4) is 16.9 Å². The van der Waals surface area contributed by atoms with Gasteiger partial charge in [-0.3, -0.25) is 4.79 Å². The van der Waals surface area contributed by atoms with Gasteiger partial charge in [0, 0.05) is 6.42 Å². The molecular weight excluding hydrogens is 488 g/mol. The van der Waals surface area contributed by atoms with E-state index < -0.39 is 23.4 Å². The first-order chi connectivity index (χ1) is 18.3. The van der Waals surface area contributed by atoms with Gasteiger partial charge in [0.1, 0.15) is 17.4 Å². The number of nitrogens with zero attached hydrogens (tertiary/aromatic N) is 1. The van der Waals surface area contributed by atoms with E-state index in [0.717, 1.165) is 32.5 Å². The van der Waals surface area contributed by atoms with Gasteiger partial charge in [0.2, 0.25) is 0 Å². The molecule has 0 amide bonds. The number of rotatable bonds is 14. The van der Waals surface area contributed by atoms with Crippen LogP contribution in [0, 0.1) is 11.6 Å². The molecule has 0 aliphatic carbocycles. The number of ketones is 1. The van der Waals surface area contributed by atoms with Gasteiger partial charge in [-0.05, 0) is 92.5 Å². The molecule has 5 nitrogen and oxygen atoms in total. The summed E-state index contributed by atoms with van der Waals surface area (Å²) in [6.07, 6.45) is 1.45. The van der Waals surface area contributed by atoms with Gasteiger partial charge in [0.05, 0.1) is 11.7 Å². The molecule has 0 aromatic heterocycles. The van der Waals surface area contributed by atoms with Crippen molar-refractivity contribution in [3.63, 3.8) is 0 Å². The maximum absolute atomic E-state index is 14.5. The number of benzene rings is 3. The molecule has 0 radical (unpaired) electrons. The van der Waals surface area contributed by atoms with Crippen LogP contribution in [-0.4, -0.2) is 49.0 Å². The van der Waals surface area contributed by atoms with E-state index in [1.807, 2.05) is 6.92 Å². The third-order valence-electron chi connectivity index (χ3n) is 6.36. The Balaban J connectivity index is 1.54. The zero-order valence-corrected chi connectivity index (χ0v) is 22.2. The number of hydrogen-bond donors (Lipinski definition) is 0. The molecule has 0 heterocycles. The maximum atomic E-state index is 14.5. The smallest absolute Gasteiger partial charge is 0.344 e. The maximum Gasteiger partial charge on any atom is 0.344 e. The number of carbonyl (C=O) groups excluding carboxylic acids is 2. The van der Waals surface area contributed by atoms with Crippen LogP contribution in [0.5, 0.6) is 5.75 Å². The second kappa shape index (κ2) is 14.4. The molecule has 3 rings (SSSR count). The van der Waals surface area contributed by atoms with Crippen molar-refractivity contribution in [1.82, 2.24) is 4.90 Å². The Bertz CT molecular complexity index is 1230. The highest BCUT2D eigenvalue weighted by Crippen LogP contribution is 2.24. The molecule has 0 aliphatic heterocycles. The van der Waals surface area contributed by atoms with Crippen molar-refractivity contribution in [2.24, 2.45) is 0 Å². The number of halogens is 2. The van der Waals surface area contributed by atoms with Gasteiger partial charge in [-0.2, -0.15) is 0 Å². The molecule has 38 heavy (non-hydrogen) atoms. The zero-order valence-electron chi connectivity index (χ0n) is 22.2. The van der Waals surface area contributed by atoms with E-state index in [4.69, 9.17) is 9.47 Å². The van der Waals surface area contributed by atoms with Crippen LogP contribution in [0.25, 0.3) is 11.1 Å². The molecule has 0 fully saturated rings. The zero-order chi connectivity index (χ0) is 27.5. The fourth-order valence-electron chi connectivity index (χ4n) is 4.21. The summed E-state index contributed by atoms with van der Waals surface area (Å²) in [6.45, 7) is 8.84. The van der Waals surface area contributed by atoms with Gasteiger partial charge < -0.3 is 14.4 Å². The number of hydrogen-bond acceptors (Lipinski definition) is 5. The highest BCUT2D eigenvalue weighted by atomic mass is 19.1. The molecule has 202 valence electrons. The van der Waals surface area contributed by atoms with Crippen LogP contribution in [0.15, 0.2) is 66.7 Å². The summed E-state index contributed by atoms with van der Waals surface area (Å²) in [4.78, 5) is 27.5. The first-order valence-corrected chi connectivity index (χ1v) is 13.0. The molecule has 3 aromatic rings. The Morgan fingerprint density at radius 3 is 2.39 bits per heavy atom. The predicted molar refractivity (Wildman–Crippen MR) is 144 cm³/mol. The van der Waals surface area contributed by atoms with E-state index in [2.05, 4.69) is 18.7 Å². The van der Waals surface area contributed by atoms with Crippen LogP contribution in [0.2, 0.25) is 0 Å². The largest absolute Gasteiger partial charge is 0.482 e. The van der Waals surface area contributed by atoms with Gasteiger partial charge in [0.15, 0.2) is 12.4 Å². The van der Waals surface area contributed by atoms with Crippen molar-refractivity contribution < 1.29 is 27.8 Å². The Morgan fingerprint density at radius 1 is 0.921 bits per heavy atom. The van der Waals surface area contributed by atoms with Gasteiger partial charge in [0.25, 0.3) is 0 Å². The molecule has 0 aliphatic rings. The second-order valence-corrected chi connectivity index (χ2v) is 9.21. The van der Waals surface area contributed by atoms with Crippen LogP contribution in [0.3, 0.4) is 0 Å². The van der Waals surface area contributed by atoms with Gasteiger partial charge in [-0.1, -0.05) is 44.2 Å². The first-order valence-electron chi connectivity index (χ1n) is 13.0. The van der Waals surface area contributed by atoms with E-state index in [1.54, 1.807) is 36.4 Å². The molecule has 1 atom stereocenters. The molecule has 1 unspecified atom stereocenters. The monoisotopic (exact) mass is 523 g/mol. The summed E-state index contributed by atoms with van der Waals surface area (Å²) >= 11 is 0. The SMILES string of the molecule is CCN(CC)CCCC(C)OC(=O)COc1cccc(CC(=O)c2cc(-c3cccc(F)c3)ccc2F)c1. The van der Waals surface area contributed by atoms with E-state index >= 15 is 0 Å². The molecule has 0 spiro atoms. The average Bonchev–Trinajstić information content (AvgIpc) is 2.90. The summed E-state index contributed by atoms with van der Waals surface area (Å²) in [5, 5.41) is 0. The lowest BCUT2D eigenvalue weighted by atomic mass is 9.97. The quantitative estimate of drug-likeness (QED) is 0.179. The van der Waals surface area contributed by atoms with E-state index in [1.165, 1.54) is 30.3 Å². The highest BCUT2D eigenvalue weighted by molar-refractivity contribution is 5.98. The minimum absolute atomic E-state index is 0.0608. The number of esters is 1. The molecular formula is C31H35F2NO4. The number of ether oxygens (including phenoxy) is 2. The number of Topliss-reactive ketones (excluding diaryl/α,β-unsaturated/α-hetero) is 1. The van der Waals surface area contributed by atoms with Crippen molar-refractivity contribution in [1.29, 1.82) is 0 Å². The van der Waals surface area contributed by atoms with Crippen LogP contribution in [-0.2, 0) is 16.0 Å². The second-order valence-electron chi connectivity index (χ2n) is 9.21. The molecule has 0 saturated heterocycles. The first kappa shape index (κ1) is 29.0. The molecule has 0 N–H and O–H groups in total. The minimum Gasteiger partial charge on any atom is -0.482 e. The van der Waals surface area contributed by atoms with Crippen molar-refractivity contribution in [3.05, 3.63) is 89.5 Å². The average molecular weight is 524 g/mol. The molecule has 0 saturated carbocycles. The fourth-order valence-corrected chi connectivity index (χ4v) is 4.21. The third-order valence-corrected chi connectivity index (χ3v) is 6.36. The van der Waals surface area contributed by atoms with Crippen LogP contribution < -0.4 is 4.74 Å². The summed E-state index contributed by atoms with van der Waals surface area (Å²) in [5.74, 6) is -1.52. The Hall–Kier alpha value is -3.58. The van der Waals surface area contributed by atoms with Gasteiger partial charge >= 0.3 is 5.97 Å². The third kappa shape index (κ3) is 8.77. The topological polar surface area (TPSA) is 55.8 Å². The molecule has 0 bridgehead atoms. The summed E-state index contributed by atoms with van der Waals surface area (Å²) in [7, 11) is 0. The predicted octanol–water partition coefficient (Wildman–Crippen LogP) is 6.49. The Morgan fingerprint density at radius 2 is 1.66 bits per heavy atom. The molecule has 7 heteroatoms. The lowest BCUT2D eigenvalue weighted by Crippen LogP contribution is -2.26. The van der Waals surface area contributed by atoms with E-state index in [0.29, 0.717) is 22.4 Å². The van der Waals surface area contributed by atoms with Crippen molar-refractivity contribution >= 4 is 11.8 Å². The highest BCUT2D eigenvalue weighted by Gasteiger charge is 2.16. The van der Waals surface area contributed by atoms with Crippen molar-refractivity contribution in [2.75, 3.05) is 26.2 Å². The normalized spacial score (nSPS) is 11.8. The molecule has 3 aromatic carbocycles. The fraction of sp³-hybridized carbons (Fsp3) is 0.355. The minimum atomic E-state index is -0.642. The standard InChI is InChI=1S/C31H35F2NO4/c1-4-34(5-2)16-8-9-22(3)38-31(36)21-37-27-13-6-10-23(17-27)18-30(35)28-20-25(14-15-29(28)33)24-11-7-12-26(32)19-24/h6-7,10-15,17,19-20,22H,4-5,8-9,16,18,21H2,1-3H3. The summed E-state index contributed by atoms with van der Waals surface area (Å²) < 4.78 is 39.1. The Kier molecular flexibility index (Phi) is 11.0. The Labute approximate surface area is 223 Å². The van der Waals surface area contributed by atoms with E-state index in [9.17, 15) is 18.4 Å². The number of carbonyl (C=O) groups is 2. The van der Waals surface area contributed by atoms with Crippen LogP contribution in [0.1, 0.15) is 49.5 Å². The summed E-state index contributed by atoms with van der Waals surface area (Å²) in [5.41, 5.74) is 1.64. The van der Waals surface area contributed by atoms with E-state index in [-0.39, 0.29) is 24.7 Å². The van der Waals surface area contributed by atoms with Crippen molar-refractivity contribution in [2.45, 2.75) is 46.1 Å². The summed E-state index contributed by atoms with van der Waals surface area (Å²) in [6, 6.07) is 16.8. The van der Waals surface area contributed by atoms with Gasteiger partial charge in [-0.15, -0.1) is 0 Å². The van der Waals surface area contributed by atoms with Gasteiger partial charge in [-0.25, -0.2) is 13.6 Å². The van der Waals surface area contributed by atoms with Crippen LogP contribution >= 0.6 is 0 Å². The van der Waals surface area contributed by atoms with Crippen LogP contribution in [0.4, 0.5) is 8.78 Å².